The molecule has 0 amide bonds. The molecular formula is C10H20N2. The third-order valence-corrected chi connectivity index (χ3v) is 3.74. The van der Waals surface area contributed by atoms with E-state index in [0.29, 0.717) is 11.5 Å². The van der Waals surface area contributed by atoms with Crippen LogP contribution in [0, 0.1) is 5.41 Å². The van der Waals surface area contributed by atoms with Crippen LogP contribution in [0.3, 0.4) is 0 Å². The molecule has 1 saturated carbocycles. The van der Waals surface area contributed by atoms with Gasteiger partial charge in [-0.05, 0) is 31.1 Å². The SMILES string of the molecule is NCC1CCC2(CCCC2)CN1. The van der Waals surface area contributed by atoms with Crippen molar-refractivity contribution < 1.29 is 0 Å². The maximum atomic E-state index is 5.63. The van der Waals surface area contributed by atoms with Crippen LogP contribution in [0.25, 0.3) is 0 Å². The van der Waals surface area contributed by atoms with Gasteiger partial charge in [0.1, 0.15) is 0 Å². The normalized spacial score (nSPS) is 34.2. The molecule has 1 atom stereocenters. The first-order chi connectivity index (χ1) is 5.85. The van der Waals surface area contributed by atoms with Crippen molar-refractivity contribution in [1.82, 2.24) is 5.32 Å². The number of nitrogens with two attached hydrogens (primary N) is 1. The molecule has 0 aromatic heterocycles. The van der Waals surface area contributed by atoms with Crippen LogP contribution in [-0.4, -0.2) is 19.1 Å². The van der Waals surface area contributed by atoms with E-state index >= 15 is 0 Å². The van der Waals surface area contributed by atoms with E-state index in [2.05, 4.69) is 5.32 Å². The van der Waals surface area contributed by atoms with Crippen LogP contribution >= 0.6 is 0 Å². The Balaban J connectivity index is 1.88. The van der Waals surface area contributed by atoms with Crippen LogP contribution in [-0.2, 0) is 0 Å². The minimum Gasteiger partial charge on any atom is -0.329 e. The van der Waals surface area contributed by atoms with E-state index in [1.807, 2.05) is 0 Å². The van der Waals surface area contributed by atoms with E-state index in [4.69, 9.17) is 5.73 Å². The van der Waals surface area contributed by atoms with Crippen molar-refractivity contribution in [2.45, 2.75) is 44.6 Å². The first-order valence-electron chi connectivity index (χ1n) is 5.28. The molecule has 2 fully saturated rings. The van der Waals surface area contributed by atoms with Crippen LogP contribution in [0.15, 0.2) is 0 Å². The number of nitrogens with one attached hydrogen (secondary N) is 1. The number of rotatable bonds is 1. The quantitative estimate of drug-likeness (QED) is 0.618. The summed E-state index contributed by atoms with van der Waals surface area (Å²) in [6.45, 7) is 2.05. The monoisotopic (exact) mass is 168 g/mol. The molecule has 0 radical (unpaired) electrons. The van der Waals surface area contributed by atoms with Crippen LogP contribution in [0.1, 0.15) is 38.5 Å². The van der Waals surface area contributed by atoms with Crippen molar-refractivity contribution >= 4 is 0 Å². The lowest BCUT2D eigenvalue weighted by molar-refractivity contribution is 0.185. The van der Waals surface area contributed by atoms with Crippen molar-refractivity contribution in [3.05, 3.63) is 0 Å². The smallest absolute Gasteiger partial charge is 0.0190 e. The standard InChI is InChI=1S/C10H20N2/c11-7-9-3-6-10(8-12-9)4-1-2-5-10/h9,12H,1-8,11H2. The summed E-state index contributed by atoms with van der Waals surface area (Å²) in [7, 11) is 0. The molecule has 12 heavy (non-hydrogen) atoms. The Bertz CT molecular complexity index is 140. The molecule has 2 heteroatoms. The maximum absolute atomic E-state index is 5.63. The second kappa shape index (κ2) is 3.35. The van der Waals surface area contributed by atoms with E-state index < -0.39 is 0 Å². The highest BCUT2D eigenvalue weighted by Crippen LogP contribution is 2.43. The van der Waals surface area contributed by atoms with Crippen LogP contribution in [0.4, 0.5) is 0 Å². The van der Waals surface area contributed by atoms with Gasteiger partial charge in [0.15, 0.2) is 0 Å². The lowest BCUT2D eigenvalue weighted by atomic mass is 9.77. The first kappa shape index (κ1) is 8.52. The summed E-state index contributed by atoms with van der Waals surface area (Å²) in [5.74, 6) is 0. The van der Waals surface area contributed by atoms with E-state index in [0.717, 1.165) is 6.54 Å². The second-order valence-electron chi connectivity index (χ2n) is 4.56. The van der Waals surface area contributed by atoms with Crippen molar-refractivity contribution in [3.63, 3.8) is 0 Å². The summed E-state index contributed by atoms with van der Waals surface area (Å²) in [5, 5.41) is 3.58. The summed E-state index contributed by atoms with van der Waals surface area (Å²) in [4.78, 5) is 0. The molecule has 1 aliphatic carbocycles. The molecule has 1 heterocycles. The molecule has 1 unspecified atom stereocenters. The summed E-state index contributed by atoms with van der Waals surface area (Å²) in [5.41, 5.74) is 6.31. The van der Waals surface area contributed by atoms with Crippen molar-refractivity contribution in [3.8, 4) is 0 Å². The lowest BCUT2D eigenvalue weighted by Crippen LogP contribution is -2.47. The minimum absolute atomic E-state index is 0.608. The van der Waals surface area contributed by atoms with Gasteiger partial charge in [0, 0.05) is 19.1 Å². The topological polar surface area (TPSA) is 38.0 Å². The molecule has 2 nitrogen and oxygen atoms in total. The molecule has 1 spiro atoms. The van der Waals surface area contributed by atoms with Gasteiger partial charge in [-0.1, -0.05) is 12.8 Å². The Morgan fingerprint density at radius 2 is 2.00 bits per heavy atom. The lowest BCUT2D eigenvalue weighted by Gasteiger charge is -2.37. The zero-order valence-electron chi connectivity index (χ0n) is 7.81. The highest BCUT2D eigenvalue weighted by atomic mass is 15.0. The van der Waals surface area contributed by atoms with E-state index in [-0.39, 0.29) is 0 Å². The zero-order valence-corrected chi connectivity index (χ0v) is 7.81. The van der Waals surface area contributed by atoms with Gasteiger partial charge in [0.05, 0.1) is 0 Å². The Hall–Kier alpha value is -0.0800. The third kappa shape index (κ3) is 1.50. The average molecular weight is 168 g/mol. The molecule has 2 aliphatic rings. The molecule has 0 bridgehead atoms. The third-order valence-electron chi connectivity index (χ3n) is 3.74. The fraction of sp³-hybridized carbons (Fsp3) is 1.00. The van der Waals surface area contributed by atoms with E-state index in [9.17, 15) is 0 Å². The Labute approximate surface area is 74.9 Å². The fourth-order valence-corrected chi connectivity index (χ4v) is 2.78. The fourth-order valence-electron chi connectivity index (χ4n) is 2.78. The van der Waals surface area contributed by atoms with Crippen LogP contribution < -0.4 is 11.1 Å². The summed E-state index contributed by atoms with van der Waals surface area (Å²) >= 11 is 0. The molecule has 0 aromatic rings. The zero-order chi connectivity index (χ0) is 8.44. The van der Waals surface area contributed by atoms with Crippen molar-refractivity contribution in [2.24, 2.45) is 11.1 Å². The number of hydrogen-bond acceptors (Lipinski definition) is 2. The molecule has 1 saturated heterocycles. The van der Waals surface area contributed by atoms with E-state index in [1.165, 1.54) is 45.1 Å². The Kier molecular flexibility index (Phi) is 2.37. The largest absolute Gasteiger partial charge is 0.329 e. The highest BCUT2D eigenvalue weighted by Gasteiger charge is 2.36. The summed E-state index contributed by atoms with van der Waals surface area (Å²) < 4.78 is 0. The number of hydrogen-bond donors (Lipinski definition) is 2. The number of piperidine rings is 1. The van der Waals surface area contributed by atoms with Gasteiger partial charge in [-0.3, -0.25) is 0 Å². The van der Waals surface area contributed by atoms with Gasteiger partial charge in [-0.15, -0.1) is 0 Å². The molecular weight excluding hydrogens is 148 g/mol. The first-order valence-corrected chi connectivity index (χ1v) is 5.28. The van der Waals surface area contributed by atoms with Crippen molar-refractivity contribution in [2.75, 3.05) is 13.1 Å². The highest BCUT2D eigenvalue weighted by molar-refractivity contribution is 4.92. The summed E-state index contributed by atoms with van der Waals surface area (Å²) in [6.07, 6.45) is 8.54. The van der Waals surface area contributed by atoms with E-state index in [1.54, 1.807) is 0 Å². The second-order valence-corrected chi connectivity index (χ2v) is 4.56. The molecule has 2 rings (SSSR count). The van der Waals surface area contributed by atoms with Gasteiger partial charge in [0.25, 0.3) is 0 Å². The van der Waals surface area contributed by atoms with Gasteiger partial charge >= 0.3 is 0 Å². The van der Waals surface area contributed by atoms with Crippen LogP contribution in [0.2, 0.25) is 0 Å². The molecule has 1 aliphatic heterocycles. The van der Waals surface area contributed by atoms with Crippen molar-refractivity contribution in [1.29, 1.82) is 0 Å². The summed E-state index contributed by atoms with van der Waals surface area (Å²) in [6, 6.07) is 0.608. The minimum atomic E-state index is 0.608. The van der Waals surface area contributed by atoms with Gasteiger partial charge in [-0.25, -0.2) is 0 Å². The molecule has 3 N–H and O–H groups in total. The molecule has 0 aromatic carbocycles. The predicted molar refractivity (Wildman–Crippen MR) is 51.0 cm³/mol. The van der Waals surface area contributed by atoms with Gasteiger partial charge in [-0.2, -0.15) is 0 Å². The maximum Gasteiger partial charge on any atom is 0.0190 e. The Morgan fingerprint density at radius 1 is 1.25 bits per heavy atom. The van der Waals surface area contributed by atoms with Crippen LogP contribution in [0.5, 0.6) is 0 Å². The average Bonchev–Trinajstić information content (AvgIpc) is 2.55. The van der Waals surface area contributed by atoms with Gasteiger partial charge in [0.2, 0.25) is 0 Å². The Morgan fingerprint density at radius 3 is 2.50 bits per heavy atom. The predicted octanol–water partition coefficient (Wildman–Crippen LogP) is 1.26. The molecule has 70 valence electrons. The van der Waals surface area contributed by atoms with Gasteiger partial charge < -0.3 is 11.1 Å².